The van der Waals surface area contributed by atoms with E-state index in [-0.39, 0.29) is 11.9 Å². The molecule has 2 rings (SSSR count). The molecule has 6 heteroatoms. The molecule has 1 aliphatic heterocycles. The first-order chi connectivity index (χ1) is 12.7. The molecule has 0 saturated carbocycles. The Hall–Kier alpha value is -1.66. The zero-order valence-corrected chi connectivity index (χ0v) is 16.3. The van der Waals surface area contributed by atoms with Gasteiger partial charge in [0.2, 0.25) is 0 Å². The van der Waals surface area contributed by atoms with Gasteiger partial charge in [-0.15, -0.1) is 0 Å². The third kappa shape index (κ3) is 6.25. The number of halogens is 1. The van der Waals surface area contributed by atoms with E-state index in [9.17, 15) is 4.39 Å². The normalized spacial score (nSPS) is 17.3. The van der Waals surface area contributed by atoms with Crippen LogP contribution in [0.4, 0.5) is 4.39 Å². The number of nitrogens with zero attached hydrogens (tertiary/aromatic N) is 2. The number of guanidine groups is 1. The van der Waals surface area contributed by atoms with Crippen molar-refractivity contribution in [1.29, 1.82) is 0 Å². The molecule has 1 aromatic carbocycles. The Kier molecular flexibility index (Phi) is 8.85. The summed E-state index contributed by atoms with van der Waals surface area (Å²) >= 11 is 0. The van der Waals surface area contributed by atoms with Crippen LogP contribution in [0.3, 0.4) is 0 Å². The van der Waals surface area contributed by atoms with E-state index in [1.54, 1.807) is 19.2 Å². The predicted molar refractivity (Wildman–Crippen MR) is 105 cm³/mol. The minimum Gasteiger partial charge on any atom is -0.379 e. The first-order valence-electron chi connectivity index (χ1n) is 9.69. The Balaban J connectivity index is 2.01. The molecule has 5 nitrogen and oxygen atoms in total. The summed E-state index contributed by atoms with van der Waals surface area (Å²) in [6, 6.07) is 6.97. The summed E-state index contributed by atoms with van der Waals surface area (Å²) in [5.41, 5.74) is 0.981. The van der Waals surface area contributed by atoms with Crippen molar-refractivity contribution in [3.63, 3.8) is 0 Å². The zero-order chi connectivity index (χ0) is 18.8. The van der Waals surface area contributed by atoms with E-state index < -0.39 is 0 Å². The highest BCUT2D eigenvalue weighted by atomic mass is 19.1. The Morgan fingerprint density at radius 1 is 1.19 bits per heavy atom. The van der Waals surface area contributed by atoms with Crippen LogP contribution in [0.1, 0.15) is 38.3 Å². The standard InChI is InChI=1S/C20H33FN4O/c1-4-16(5-2)14-23-20(22-3)24-15-19(25-9-11-26-12-10-25)17-7-6-8-18(21)13-17/h6-8,13,16,19H,4-5,9-12,14-15H2,1-3H3,(H2,22,23,24). The smallest absolute Gasteiger partial charge is 0.191 e. The monoisotopic (exact) mass is 364 g/mol. The molecule has 1 aliphatic rings. The molecule has 1 fully saturated rings. The Bertz CT molecular complexity index is 556. The highest BCUT2D eigenvalue weighted by molar-refractivity contribution is 5.79. The molecule has 1 aromatic rings. The van der Waals surface area contributed by atoms with Crippen LogP contribution < -0.4 is 10.6 Å². The molecule has 26 heavy (non-hydrogen) atoms. The van der Waals surface area contributed by atoms with Gasteiger partial charge in [-0.25, -0.2) is 4.39 Å². The Morgan fingerprint density at radius 2 is 1.88 bits per heavy atom. The fraction of sp³-hybridized carbons (Fsp3) is 0.650. The van der Waals surface area contributed by atoms with E-state index >= 15 is 0 Å². The molecule has 0 radical (unpaired) electrons. The van der Waals surface area contributed by atoms with Gasteiger partial charge >= 0.3 is 0 Å². The maximum Gasteiger partial charge on any atom is 0.191 e. The maximum atomic E-state index is 13.7. The molecule has 1 heterocycles. The van der Waals surface area contributed by atoms with E-state index in [1.165, 1.54) is 6.07 Å². The van der Waals surface area contributed by atoms with Gasteiger partial charge in [-0.05, 0) is 23.6 Å². The Morgan fingerprint density at radius 3 is 2.50 bits per heavy atom. The van der Waals surface area contributed by atoms with Gasteiger partial charge in [0.1, 0.15) is 5.82 Å². The van der Waals surface area contributed by atoms with Gasteiger partial charge in [0.25, 0.3) is 0 Å². The molecule has 0 spiro atoms. The summed E-state index contributed by atoms with van der Waals surface area (Å²) in [5, 5.41) is 6.84. The van der Waals surface area contributed by atoms with Gasteiger partial charge in [0, 0.05) is 33.2 Å². The number of nitrogens with one attached hydrogen (secondary N) is 2. The minimum absolute atomic E-state index is 0.0845. The largest absolute Gasteiger partial charge is 0.379 e. The zero-order valence-electron chi connectivity index (χ0n) is 16.3. The van der Waals surface area contributed by atoms with Crippen molar-refractivity contribution in [3.8, 4) is 0 Å². The molecule has 0 amide bonds. The maximum absolute atomic E-state index is 13.7. The van der Waals surface area contributed by atoms with Crippen LogP contribution in [0.15, 0.2) is 29.3 Å². The topological polar surface area (TPSA) is 48.9 Å². The summed E-state index contributed by atoms with van der Waals surface area (Å²) in [6.45, 7) is 9.14. The van der Waals surface area contributed by atoms with Gasteiger partial charge in [-0.1, -0.05) is 38.8 Å². The van der Waals surface area contributed by atoms with Crippen molar-refractivity contribution in [1.82, 2.24) is 15.5 Å². The van der Waals surface area contributed by atoms with Gasteiger partial charge in [-0.3, -0.25) is 9.89 Å². The molecule has 1 saturated heterocycles. The number of aliphatic imine (C=N–C) groups is 1. The number of rotatable bonds is 8. The highest BCUT2D eigenvalue weighted by Gasteiger charge is 2.23. The third-order valence-electron chi connectivity index (χ3n) is 5.12. The van der Waals surface area contributed by atoms with Crippen LogP contribution in [0, 0.1) is 11.7 Å². The van der Waals surface area contributed by atoms with Crippen LogP contribution in [0.25, 0.3) is 0 Å². The summed E-state index contributed by atoms with van der Waals surface area (Å²) in [4.78, 5) is 6.68. The van der Waals surface area contributed by atoms with Crippen molar-refractivity contribution < 1.29 is 9.13 Å². The summed E-state index contributed by atoms with van der Waals surface area (Å²) in [7, 11) is 1.79. The van der Waals surface area contributed by atoms with E-state index in [4.69, 9.17) is 4.74 Å². The fourth-order valence-corrected chi connectivity index (χ4v) is 3.29. The van der Waals surface area contributed by atoms with E-state index in [0.717, 1.165) is 44.0 Å². The third-order valence-corrected chi connectivity index (χ3v) is 5.12. The number of benzene rings is 1. The Labute approximate surface area is 157 Å². The van der Waals surface area contributed by atoms with Gasteiger partial charge in [0.05, 0.1) is 19.3 Å². The molecule has 1 unspecified atom stereocenters. The van der Waals surface area contributed by atoms with Crippen LogP contribution in [0.5, 0.6) is 0 Å². The van der Waals surface area contributed by atoms with Gasteiger partial charge in [-0.2, -0.15) is 0 Å². The molecule has 1 atom stereocenters. The second kappa shape index (κ2) is 11.1. The molecule has 0 aliphatic carbocycles. The van der Waals surface area contributed by atoms with Crippen molar-refractivity contribution in [2.75, 3.05) is 46.4 Å². The summed E-state index contributed by atoms with van der Waals surface area (Å²) in [6.07, 6.45) is 2.31. The molecule has 0 bridgehead atoms. The van der Waals surface area contributed by atoms with Crippen LogP contribution in [0.2, 0.25) is 0 Å². The lowest BCUT2D eigenvalue weighted by atomic mass is 10.0. The van der Waals surface area contributed by atoms with Gasteiger partial charge < -0.3 is 15.4 Å². The van der Waals surface area contributed by atoms with E-state index in [1.807, 2.05) is 6.07 Å². The second-order valence-corrected chi connectivity index (χ2v) is 6.74. The number of hydrogen-bond donors (Lipinski definition) is 2. The molecule has 146 valence electrons. The second-order valence-electron chi connectivity index (χ2n) is 6.74. The SMILES string of the molecule is CCC(CC)CNC(=NC)NCC(c1cccc(F)c1)N1CCOCC1. The van der Waals surface area contributed by atoms with Crippen molar-refractivity contribution >= 4 is 5.96 Å². The first-order valence-corrected chi connectivity index (χ1v) is 9.69. The lowest BCUT2D eigenvalue weighted by Gasteiger charge is -2.35. The number of ether oxygens (including phenoxy) is 1. The molecule has 0 aromatic heterocycles. The van der Waals surface area contributed by atoms with Crippen molar-refractivity contribution in [2.45, 2.75) is 32.7 Å². The fourth-order valence-electron chi connectivity index (χ4n) is 3.29. The molecule has 2 N–H and O–H groups in total. The number of morpholine rings is 1. The van der Waals surface area contributed by atoms with Gasteiger partial charge in [0.15, 0.2) is 5.96 Å². The molecular weight excluding hydrogens is 331 g/mol. The quantitative estimate of drug-likeness (QED) is 0.550. The van der Waals surface area contributed by atoms with E-state index in [2.05, 4.69) is 34.4 Å². The predicted octanol–water partition coefficient (Wildman–Crippen LogP) is 2.80. The average Bonchev–Trinajstić information content (AvgIpc) is 2.68. The van der Waals surface area contributed by atoms with Crippen LogP contribution in [-0.4, -0.2) is 57.3 Å². The van der Waals surface area contributed by atoms with Crippen LogP contribution in [-0.2, 0) is 4.74 Å². The molecular formula is C20H33FN4O. The number of hydrogen-bond acceptors (Lipinski definition) is 3. The lowest BCUT2D eigenvalue weighted by Crippen LogP contribution is -2.47. The lowest BCUT2D eigenvalue weighted by molar-refractivity contribution is 0.0169. The van der Waals surface area contributed by atoms with Crippen molar-refractivity contribution in [2.24, 2.45) is 10.9 Å². The van der Waals surface area contributed by atoms with Crippen molar-refractivity contribution in [3.05, 3.63) is 35.6 Å². The van der Waals surface area contributed by atoms with E-state index in [0.29, 0.717) is 25.7 Å². The summed E-state index contributed by atoms with van der Waals surface area (Å²) in [5.74, 6) is 1.25. The highest BCUT2D eigenvalue weighted by Crippen LogP contribution is 2.22. The first kappa shape index (κ1) is 20.6. The van der Waals surface area contributed by atoms with Crippen LogP contribution >= 0.6 is 0 Å². The summed E-state index contributed by atoms with van der Waals surface area (Å²) < 4.78 is 19.2. The average molecular weight is 365 g/mol. The minimum atomic E-state index is -0.197.